The highest BCUT2D eigenvalue weighted by atomic mass is 79.9. The van der Waals surface area contributed by atoms with Gasteiger partial charge in [-0.3, -0.25) is 14.9 Å². The molecule has 7 nitrogen and oxygen atoms in total. The molecule has 1 heterocycles. The van der Waals surface area contributed by atoms with Crippen LogP contribution in [0.4, 0.5) is 10.5 Å². The van der Waals surface area contributed by atoms with E-state index in [0.29, 0.717) is 42.4 Å². The highest BCUT2D eigenvalue weighted by Gasteiger charge is 2.37. The molecule has 4 rings (SSSR count). The molecule has 1 N–H and O–H groups in total. The SMILES string of the molecule is C=CCc1cc(/C=C2\C(=O)NC(=O)N(c3ccc(Br)c(C)c3)C2=O)cc(OCC)c1OCc1ccccc1. The number of carbonyl (C=O) groups is 3. The molecule has 0 spiro atoms. The summed E-state index contributed by atoms with van der Waals surface area (Å²) in [4.78, 5) is 39.7. The highest BCUT2D eigenvalue weighted by molar-refractivity contribution is 9.10. The fraction of sp³-hybridized carbons (Fsp3) is 0.167. The van der Waals surface area contributed by atoms with Crippen LogP contribution in [0.15, 0.2) is 83.4 Å². The summed E-state index contributed by atoms with van der Waals surface area (Å²) in [6.45, 7) is 8.29. The Hall–Kier alpha value is -4.17. The molecule has 0 saturated carbocycles. The molecule has 4 amide bonds. The molecule has 8 heteroatoms. The molecule has 0 radical (unpaired) electrons. The molecule has 1 fully saturated rings. The Balaban J connectivity index is 1.73. The molecule has 0 aromatic heterocycles. The Bertz CT molecular complexity index is 1430. The van der Waals surface area contributed by atoms with Gasteiger partial charge in [-0.05, 0) is 73.4 Å². The Morgan fingerprint density at radius 3 is 2.47 bits per heavy atom. The van der Waals surface area contributed by atoms with Gasteiger partial charge >= 0.3 is 6.03 Å². The molecule has 1 saturated heterocycles. The summed E-state index contributed by atoms with van der Waals surface area (Å²) < 4.78 is 12.9. The Labute approximate surface area is 229 Å². The summed E-state index contributed by atoms with van der Waals surface area (Å²) in [7, 11) is 0. The van der Waals surface area contributed by atoms with Gasteiger partial charge in [-0.1, -0.05) is 52.3 Å². The van der Waals surface area contributed by atoms with Crippen molar-refractivity contribution in [1.29, 1.82) is 0 Å². The van der Waals surface area contributed by atoms with Crippen molar-refractivity contribution >= 4 is 45.5 Å². The minimum atomic E-state index is -0.800. The Kier molecular flexibility index (Phi) is 8.43. The van der Waals surface area contributed by atoms with Crippen LogP contribution in [0, 0.1) is 6.92 Å². The van der Waals surface area contributed by atoms with E-state index in [1.165, 1.54) is 6.08 Å². The molecule has 1 aliphatic rings. The second kappa shape index (κ2) is 11.9. The number of anilines is 1. The first-order valence-corrected chi connectivity index (χ1v) is 12.9. The maximum atomic E-state index is 13.4. The minimum Gasteiger partial charge on any atom is -0.490 e. The minimum absolute atomic E-state index is 0.171. The summed E-state index contributed by atoms with van der Waals surface area (Å²) >= 11 is 3.42. The number of imide groups is 2. The number of aryl methyl sites for hydroxylation is 1. The van der Waals surface area contributed by atoms with Gasteiger partial charge in [0.2, 0.25) is 0 Å². The van der Waals surface area contributed by atoms with Crippen LogP contribution >= 0.6 is 15.9 Å². The van der Waals surface area contributed by atoms with Gasteiger partial charge in [0.15, 0.2) is 11.5 Å². The third kappa shape index (κ3) is 5.86. The second-order valence-electron chi connectivity index (χ2n) is 8.60. The molecule has 0 unspecified atom stereocenters. The van der Waals surface area contributed by atoms with Crippen LogP contribution in [0.25, 0.3) is 6.08 Å². The molecule has 194 valence electrons. The fourth-order valence-electron chi connectivity index (χ4n) is 4.06. The van der Waals surface area contributed by atoms with E-state index in [1.54, 1.807) is 30.3 Å². The second-order valence-corrected chi connectivity index (χ2v) is 9.45. The van der Waals surface area contributed by atoms with E-state index in [9.17, 15) is 14.4 Å². The third-order valence-electron chi connectivity index (χ3n) is 5.86. The van der Waals surface area contributed by atoms with Crippen molar-refractivity contribution in [3.05, 3.63) is 106 Å². The molecule has 38 heavy (non-hydrogen) atoms. The number of benzene rings is 3. The van der Waals surface area contributed by atoms with Crippen LogP contribution < -0.4 is 19.7 Å². The van der Waals surface area contributed by atoms with Crippen molar-refractivity contribution < 1.29 is 23.9 Å². The lowest BCUT2D eigenvalue weighted by molar-refractivity contribution is -0.122. The van der Waals surface area contributed by atoms with Gasteiger partial charge in [0.25, 0.3) is 11.8 Å². The van der Waals surface area contributed by atoms with Gasteiger partial charge in [-0.2, -0.15) is 0 Å². The van der Waals surface area contributed by atoms with Gasteiger partial charge in [-0.25, -0.2) is 9.69 Å². The quantitative estimate of drug-likeness (QED) is 0.189. The number of rotatable bonds is 9. The highest BCUT2D eigenvalue weighted by Crippen LogP contribution is 2.36. The molecular formula is C30H27BrN2O5. The normalized spacial score (nSPS) is 14.4. The molecular weight excluding hydrogens is 548 g/mol. The van der Waals surface area contributed by atoms with Crippen molar-refractivity contribution in [3.63, 3.8) is 0 Å². The third-order valence-corrected chi connectivity index (χ3v) is 6.75. The number of nitrogens with zero attached hydrogens (tertiary/aromatic N) is 1. The van der Waals surface area contributed by atoms with Crippen molar-refractivity contribution in [2.75, 3.05) is 11.5 Å². The monoisotopic (exact) mass is 574 g/mol. The summed E-state index contributed by atoms with van der Waals surface area (Å²) in [6, 6.07) is 17.6. The molecule has 3 aromatic carbocycles. The number of nitrogens with one attached hydrogen (secondary N) is 1. The topological polar surface area (TPSA) is 84.9 Å². The van der Waals surface area contributed by atoms with Crippen LogP contribution in [0.5, 0.6) is 11.5 Å². The van der Waals surface area contributed by atoms with Crippen molar-refractivity contribution in [3.8, 4) is 11.5 Å². The number of barbiturate groups is 1. The standard InChI is InChI=1S/C30H27BrN2O5/c1-4-9-22-15-21(17-26(37-5-2)27(22)38-18-20-10-7-6-8-11-20)16-24-28(34)32-30(36)33(29(24)35)23-12-13-25(31)19(3)14-23/h4,6-8,10-17H,1,5,9,18H2,2-3H3,(H,32,34,36)/b24-16+. The largest absolute Gasteiger partial charge is 0.490 e. The van der Waals surface area contributed by atoms with E-state index in [-0.39, 0.29) is 5.57 Å². The number of urea groups is 1. The van der Waals surface area contributed by atoms with Crippen molar-refractivity contribution in [2.24, 2.45) is 0 Å². The number of allylic oxidation sites excluding steroid dienone is 1. The number of ether oxygens (including phenoxy) is 2. The lowest BCUT2D eigenvalue weighted by Crippen LogP contribution is -2.54. The molecule has 0 atom stereocenters. The van der Waals surface area contributed by atoms with Gasteiger partial charge in [-0.15, -0.1) is 6.58 Å². The average Bonchev–Trinajstić information content (AvgIpc) is 2.89. The Morgan fingerprint density at radius 2 is 1.79 bits per heavy atom. The number of hydrogen-bond donors (Lipinski definition) is 1. The maximum absolute atomic E-state index is 13.4. The molecule has 3 aromatic rings. The van der Waals surface area contributed by atoms with E-state index in [0.717, 1.165) is 26.1 Å². The summed E-state index contributed by atoms with van der Waals surface area (Å²) in [5.74, 6) is -0.431. The van der Waals surface area contributed by atoms with E-state index < -0.39 is 17.8 Å². The number of amides is 4. The van der Waals surface area contributed by atoms with E-state index in [2.05, 4.69) is 27.8 Å². The maximum Gasteiger partial charge on any atom is 0.335 e. The van der Waals surface area contributed by atoms with Gasteiger partial charge in [0, 0.05) is 10.0 Å². The lowest BCUT2D eigenvalue weighted by atomic mass is 10.0. The first kappa shape index (κ1) is 26.9. The van der Waals surface area contributed by atoms with E-state index >= 15 is 0 Å². The van der Waals surface area contributed by atoms with Crippen molar-refractivity contribution in [1.82, 2.24) is 5.32 Å². The van der Waals surface area contributed by atoms with Gasteiger partial charge in [0.05, 0.1) is 12.3 Å². The Morgan fingerprint density at radius 1 is 1.03 bits per heavy atom. The first-order valence-electron chi connectivity index (χ1n) is 12.1. The van der Waals surface area contributed by atoms with Crippen molar-refractivity contribution in [2.45, 2.75) is 26.9 Å². The van der Waals surface area contributed by atoms with Crippen LogP contribution in [0.2, 0.25) is 0 Å². The zero-order valence-electron chi connectivity index (χ0n) is 21.1. The van der Waals surface area contributed by atoms with Crippen LogP contribution in [-0.4, -0.2) is 24.5 Å². The first-order chi connectivity index (χ1) is 18.3. The molecule has 0 bridgehead atoms. The van der Waals surface area contributed by atoms with E-state index in [1.807, 2.05) is 50.2 Å². The number of hydrogen-bond acceptors (Lipinski definition) is 5. The predicted molar refractivity (Wildman–Crippen MR) is 150 cm³/mol. The van der Waals surface area contributed by atoms with Gasteiger partial charge < -0.3 is 9.47 Å². The summed E-state index contributed by atoms with van der Waals surface area (Å²) in [6.07, 6.45) is 3.68. The summed E-state index contributed by atoms with van der Waals surface area (Å²) in [5.41, 5.74) is 3.37. The van der Waals surface area contributed by atoms with Crippen LogP contribution in [0.3, 0.4) is 0 Å². The van der Waals surface area contributed by atoms with Crippen LogP contribution in [0.1, 0.15) is 29.2 Å². The van der Waals surface area contributed by atoms with Gasteiger partial charge in [0.1, 0.15) is 12.2 Å². The summed E-state index contributed by atoms with van der Waals surface area (Å²) in [5, 5.41) is 2.27. The average molecular weight is 575 g/mol. The zero-order valence-corrected chi connectivity index (χ0v) is 22.7. The number of halogens is 1. The predicted octanol–water partition coefficient (Wildman–Crippen LogP) is 6.13. The van der Waals surface area contributed by atoms with E-state index in [4.69, 9.17) is 9.47 Å². The molecule has 0 aliphatic carbocycles. The lowest BCUT2D eigenvalue weighted by Gasteiger charge is -2.27. The zero-order chi connectivity index (χ0) is 27.2. The molecule has 1 aliphatic heterocycles. The smallest absolute Gasteiger partial charge is 0.335 e. The fourth-order valence-corrected chi connectivity index (χ4v) is 4.30. The van der Waals surface area contributed by atoms with Crippen LogP contribution in [-0.2, 0) is 22.6 Å². The number of carbonyl (C=O) groups excluding carboxylic acids is 3.